The third-order valence-corrected chi connectivity index (χ3v) is 15.0. The van der Waals surface area contributed by atoms with Gasteiger partial charge >= 0.3 is 0 Å². The van der Waals surface area contributed by atoms with Crippen molar-refractivity contribution >= 4 is 5.91 Å². The van der Waals surface area contributed by atoms with E-state index >= 15 is 0 Å². The van der Waals surface area contributed by atoms with E-state index in [1.807, 2.05) is 0 Å². The number of allylic oxidation sites excluding steroid dienone is 2. The maximum Gasteiger partial charge on any atom is 0.249 e. The number of carbonyl (C=O) groups is 1. The van der Waals surface area contributed by atoms with Crippen LogP contribution in [0.25, 0.3) is 0 Å². The molecule has 0 saturated heterocycles. The second-order valence-corrected chi connectivity index (χ2v) is 21.8. The molecule has 6 nitrogen and oxygen atoms in total. The Balaban J connectivity index is 3.58. The normalized spacial score (nSPS) is 13.7. The highest BCUT2D eigenvalue weighted by atomic mass is 16.3. The Hall–Kier alpha value is -0.950. The highest BCUT2D eigenvalue weighted by Crippen LogP contribution is 2.19. The second-order valence-electron chi connectivity index (χ2n) is 21.8. The van der Waals surface area contributed by atoms with E-state index in [2.05, 4.69) is 31.3 Å². The SMILES string of the molecule is CCCCCCCCCCCCCCCCCCCC/C=C/CCCC(O)C(O)C(CO)NC(=O)C(O)CCCCCCCCCCCCCCCCCCCCCCCCCCCCCCC. The lowest BCUT2D eigenvalue weighted by Crippen LogP contribution is -2.53. The van der Waals surface area contributed by atoms with Crippen molar-refractivity contribution in [2.75, 3.05) is 6.61 Å². The molecule has 1 amide bonds. The van der Waals surface area contributed by atoms with Gasteiger partial charge in [-0.05, 0) is 38.5 Å². The van der Waals surface area contributed by atoms with Gasteiger partial charge in [-0.25, -0.2) is 0 Å². The zero-order chi connectivity index (χ0) is 49.5. The van der Waals surface area contributed by atoms with E-state index < -0.39 is 36.9 Å². The molecule has 6 heteroatoms. The standard InChI is InChI=1S/C62H123NO5/c1-3-5-7-9-11-13-15-17-19-21-23-25-27-28-29-30-31-32-34-36-38-40-42-44-46-48-50-52-54-56-60(66)62(68)63-58(57-64)61(67)59(65)55-53-51-49-47-45-43-41-39-37-35-33-26-24-22-20-18-16-14-12-10-8-6-4-2/h47,49,58-61,64-67H,3-46,48,50-57H2,1-2H3,(H,63,68)/b49-47+. The summed E-state index contributed by atoms with van der Waals surface area (Å²) in [7, 11) is 0. The van der Waals surface area contributed by atoms with Crippen molar-refractivity contribution in [2.45, 2.75) is 372 Å². The van der Waals surface area contributed by atoms with E-state index in [1.54, 1.807) is 0 Å². The van der Waals surface area contributed by atoms with Crippen LogP contribution in [0.1, 0.15) is 348 Å². The number of hydrogen-bond donors (Lipinski definition) is 5. The predicted molar refractivity (Wildman–Crippen MR) is 298 cm³/mol. The first-order chi connectivity index (χ1) is 33.5. The van der Waals surface area contributed by atoms with Crippen molar-refractivity contribution in [1.82, 2.24) is 5.32 Å². The van der Waals surface area contributed by atoms with E-state index in [-0.39, 0.29) is 0 Å². The van der Waals surface area contributed by atoms with Gasteiger partial charge < -0.3 is 25.7 Å². The molecule has 0 aliphatic rings. The van der Waals surface area contributed by atoms with Gasteiger partial charge in [0.2, 0.25) is 5.91 Å². The van der Waals surface area contributed by atoms with Crippen molar-refractivity contribution < 1.29 is 25.2 Å². The Morgan fingerprint density at radius 3 is 0.882 bits per heavy atom. The summed E-state index contributed by atoms with van der Waals surface area (Å²) in [5.41, 5.74) is 0. The molecule has 0 aromatic rings. The molecule has 0 bridgehead atoms. The van der Waals surface area contributed by atoms with Crippen LogP contribution < -0.4 is 5.32 Å². The van der Waals surface area contributed by atoms with Crippen molar-refractivity contribution in [3.8, 4) is 0 Å². The molecule has 0 spiro atoms. The van der Waals surface area contributed by atoms with Crippen LogP contribution in [0, 0.1) is 0 Å². The van der Waals surface area contributed by atoms with Crippen molar-refractivity contribution in [2.24, 2.45) is 0 Å². The van der Waals surface area contributed by atoms with Gasteiger partial charge in [0.1, 0.15) is 12.2 Å². The van der Waals surface area contributed by atoms with Gasteiger partial charge in [0.25, 0.3) is 0 Å². The number of aliphatic hydroxyl groups excluding tert-OH is 4. The van der Waals surface area contributed by atoms with Gasteiger partial charge in [-0.3, -0.25) is 4.79 Å². The molecule has 0 heterocycles. The largest absolute Gasteiger partial charge is 0.394 e. The monoisotopic (exact) mass is 962 g/mol. The molecule has 4 atom stereocenters. The summed E-state index contributed by atoms with van der Waals surface area (Å²) in [6, 6.07) is -0.999. The summed E-state index contributed by atoms with van der Waals surface area (Å²) in [6.07, 6.45) is 68.8. The topological polar surface area (TPSA) is 110 Å². The third-order valence-electron chi connectivity index (χ3n) is 15.0. The molecule has 0 radical (unpaired) electrons. The fourth-order valence-corrected chi connectivity index (χ4v) is 10.1. The summed E-state index contributed by atoms with van der Waals surface area (Å²) in [6.45, 7) is 4.09. The van der Waals surface area contributed by atoms with Gasteiger partial charge in [0.15, 0.2) is 0 Å². The van der Waals surface area contributed by atoms with Crippen LogP contribution in [-0.4, -0.2) is 57.3 Å². The number of nitrogens with one attached hydrogen (secondary N) is 1. The number of amides is 1. The fourth-order valence-electron chi connectivity index (χ4n) is 10.1. The van der Waals surface area contributed by atoms with Gasteiger partial charge in [0, 0.05) is 0 Å². The average molecular weight is 963 g/mol. The van der Waals surface area contributed by atoms with E-state index in [4.69, 9.17) is 0 Å². The van der Waals surface area contributed by atoms with E-state index in [0.29, 0.717) is 12.8 Å². The minimum absolute atomic E-state index is 0.369. The molecule has 0 aliphatic carbocycles. The minimum atomic E-state index is -1.28. The molecule has 0 saturated carbocycles. The zero-order valence-electron chi connectivity index (χ0n) is 46.1. The molecule has 4 unspecified atom stereocenters. The lowest BCUT2D eigenvalue weighted by atomic mass is 10.00. The number of unbranched alkanes of at least 4 members (excludes halogenated alkanes) is 47. The highest BCUT2D eigenvalue weighted by molar-refractivity contribution is 5.80. The average Bonchev–Trinajstić information content (AvgIpc) is 3.34. The molecular formula is C62H123NO5. The first kappa shape index (κ1) is 67.0. The van der Waals surface area contributed by atoms with Crippen molar-refractivity contribution in [3.63, 3.8) is 0 Å². The number of aliphatic hydroxyl groups is 4. The molecule has 0 aromatic carbocycles. The summed E-state index contributed by atoms with van der Waals surface area (Å²) < 4.78 is 0. The van der Waals surface area contributed by atoms with Crippen LogP contribution >= 0.6 is 0 Å². The maximum absolute atomic E-state index is 12.6. The molecule has 5 N–H and O–H groups in total. The quantitative estimate of drug-likeness (QED) is 0.0308. The van der Waals surface area contributed by atoms with Crippen molar-refractivity contribution in [3.05, 3.63) is 12.2 Å². The lowest BCUT2D eigenvalue weighted by Gasteiger charge is -2.27. The number of carbonyl (C=O) groups excluding carboxylic acids is 1. The molecule has 0 aromatic heterocycles. The predicted octanol–water partition coefficient (Wildman–Crippen LogP) is 18.4. The molecular weight excluding hydrogens is 839 g/mol. The molecule has 0 aliphatic heterocycles. The molecule has 406 valence electrons. The van der Waals surface area contributed by atoms with Gasteiger partial charge in [-0.1, -0.05) is 321 Å². The Morgan fingerprint density at radius 2 is 0.603 bits per heavy atom. The van der Waals surface area contributed by atoms with Crippen LogP contribution in [0.2, 0.25) is 0 Å². The molecule has 0 fully saturated rings. The smallest absolute Gasteiger partial charge is 0.249 e. The van der Waals surface area contributed by atoms with Crippen LogP contribution in [0.3, 0.4) is 0 Å². The first-order valence-corrected chi connectivity index (χ1v) is 31.1. The maximum atomic E-state index is 12.6. The Bertz CT molecular complexity index is 990. The van der Waals surface area contributed by atoms with Crippen LogP contribution in [0.4, 0.5) is 0 Å². The zero-order valence-corrected chi connectivity index (χ0v) is 46.1. The molecule has 0 rings (SSSR count). The molecule has 68 heavy (non-hydrogen) atoms. The van der Waals surface area contributed by atoms with Gasteiger partial charge in [0.05, 0.1) is 18.8 Å². The number of hydrogen-bond acceptors (Lipinski definition) is 5. The Morgan fingerprint density at radius 1 is 0.353 bits per heavy atom. The van der Waals surface area contributed by atoms with E-state index in [0.717, 1.165) is 38.5 Å². The van der Waals surface area contributed by atoms with Crippen molar-refractivity contribution in [1.29, 1.82) is 0 Å². The van der Waals surface area contributed by atoms with E-state index in [1.165, 1.54) is 283 Å². The number of rotatable bonds is 58. The fraction of sp³-hybridized carbons (Fsp3) is 0.952. The second kappa shape index (κ2) is 57.0. The summed E-state index contributed by atoms with van der Waals surface area (Å²) in [5, 5.41) is 44.1. The van der Waals surface area contributed by atoms with Crippen LogP contribution in [0.5, 0.6) is 0 Å². The summed E-state index contributed by atoms with van der Waals surface area (Å²) in [5.74, 6) is -0.585. The van der Waals surface area contributed by atoms with Crippen LogP contribution in [-0.2, 0) is 4.79 Å². The summed E-state index contributed by atoms with van der Waals surface area (Å²) in [4.78, 5) is 12.6. The Kier molecular flexibility index (Phi) is 56.2. The highest BCUT2D eigenvalue weighted by Gasteiger charge is 2.28. The first-order valence-electron chi connectivity index (χ1n) is 31.1. The summed E-state index contributed by atoms with van der Waals surface area (Å²) >= 11 is 0. The van der Waals surface area contributed by atoms with Crippen LogP contribution in [0.15, 0.2) is 12.2 Å². The third kappa shape index (κ3) is 50.0. The van der Waals surface area contributed by atoms with Gasteiger partial charge in [-0.2, -0.15) is 0 Å². The lowest BCUT2D eigenvalue weighted by molar-refractivity contribution is -0.132. The Labute approximate surface area is 425 Å². The van der Waals surface area contributed by atoms with Gasteiger partial charge in [-0.15, -0.1) is 0 Å². The minimum Gasteiger partial charge on any atom is -0.394 e. The van der Waals surface area contributed by atoms with E-state index in [9.17, 15) is 25.2 Å².